The zero-order valence-corrected chi connectivity index (χ0v) is 8.62. The van der Waals surface area contributed by atoms with Gasteiger partial charge in [-0.25, -0.2) is 8.78 Å². The standard InChI is InChI=1S/C11H15F2NO/c1-8-4-2-3-5-9(8)10(14)6-15-7-11(12)13/h2-5,10-11H,6-7,14H2,1H3. The van der Waals surface area contributed by atoms with Crippen LogP contribution in [-0.2, 0) is 4.74 Å². The molecule has 2 N–H and O–H groups in total. The first-order valence-electron chi connectivity index (χ1n) is 4.78. The van der Waals surface area contributed by atoms with E-state index in [1.807, 2.05) is 31.2 Å². The Balaban J connectivity index is 2.47. The minimum absolute atomic E-state index is 0.120. The first-order valence-corrected chi connectivity index (χ1v) is 4.78. The van der Waals surface area contributed by atoms with Crippen molar-refractivity contribution >= 4 is 0 Å². The van der Waals surface area contributed by atoms with Crippen molar-refractivity contribution < 1.29 is 13.5 Å². The predicted molar refractivity (Wildman–Crippen MR) is 54.9 cm³/mol. The van der Waals surface area contributed by atoms with Gasteiger partial charge in [0.1, 0.15) is 6.61 Å². The van der Waals surface area contributed by atoms with Crippen molar-refractivity contribution in [2.45, 2.75) is 19.4 Å². The summed E-state index contributed by atoms with van der Waals surface area (Å²) in [5.74, 6) is 0. The number of ether oxygens (including phenoxy) is 1. The lowest BCUT2D eigenvalue weighted by Crippen LogP contribution is -2.20. The summed E-state index contributed by atoms with van der Waals surface area (Å²) in [4.78, 5) is 0. The van der Waals surface area contributed by atoms with Crippen molar-refractivity contribution in [2.75, 3.05) is 13.2 Å². The highest BCUT2D eigenvalue weighted by molar-refractivity contribution is 5.28. The van der Waals surface area contributed by atoms with Gasteiger partial charge in [-0.2, -0.15) is 0 Å². The number of hydrogen-bond donors (Lipinski definition) is 1. The fourth-order valence-corrected chi connectivity index (χ4v) is 1.38. The molecule has 84 valence electrons. The molecule has 0 aromatic heterocycles. The average Bonchev–Trinajstić information content (AvgIpc) is 2.17. The highest BCUT2D eigenvalue weighted by Gasteiger charge is 2.10. The zero-order chi connectivity index (χ0) is 11.3. The number of hydrogen-bond acceptors (Lipinski definition) is 2. The first-order chi connectivity index (χ1) is 7.11. The third-order valence-electron chi connectivity index (χ3n) is 2.13. The topological polar surface area (TPSA) is 35.2 Å². The average molecular weight is 215 g/mol. The van der Waals surface area contributed by atoms with Gasteiger partial charge in [0.25, 0.3) is 6.43 Å². The minimum Gasteiger partial charge on any atom is -0.374 e. The fourth-order valence-electron chi connectivity index (χ4n) is 1.38. The molecular formula is C11H15F2NO. The minimum atomic E-state index is -2.44. The number of benzene rings is 1. The molecule has 0 aliphatic rings. The molecule has 0 radical (unpaired) electrons. The molecule has 0 aliphatic carbocycles. The normalized spacial score (nSPS) is 13.1. The van der Waals surface area contributed by atoms with E-state index < -0.39 is 13.0 Å². The van der Waals surface area contributed by atoms with Gasteiger partial charge in [0.05, 0.1) is 12.6 Å². The zero-order valence-electron chi connectivity index (χ0n) is 8.62. The van der Waals surface area contributed by atoms with Crippen LogP contribution in [0.1, 0.15) is 17.2 Å². The molecule has 1 aromatic carbocycles. The van der Waals surface area contributed by atoms with Gasteiger partial charge in [0, 0.05) is 0 Å². The van der Waals surface area contributed by atoms with E-state index in [-0.39, 0.29) is 12.6 Å². The van der Waals surface area contributed by atoms with Crippen LogP contribution in [0.15, 0.2) is 24.3 Å². The van der Waals surface area contributed by atoms with Gasteiger partial charge >= 0.3 is 0 Å². The Morgan fingerprint density at radius 3 is 2.53 bits per heavy atom. The Labute approximate surface area is 88.0 Å². The molecule has 1 unspecified atom stereocenters. The largest absolute Gasteiger partial charge is 0.374 e. The van der Waals surface area contributed by atoms with Gasteiger partial charge in [-0.1, -0.05) is 24.3 Å². The molecule has 0 spiro atoms. The van der Waals surface area contributed by atoms with E-state index in [4.69, 9.17) is 10.5 Å². The maximum absolute atomic E-state index is 11.8. The number of rotatable bonds is 5. The third kappa shape index (κ3) is 3.93. The van der Waals surface area contributed by atoms with Gasteiger partial charge in [-0.05, 0) is 18.1 Å². The first kappa shape index (κ1) is 12.1. The summed E-state index contributed by atoms with van der Waals surface area (Å²) in [5.41, 5.74) is 7.80. The third-order valence-corrected chi connectivity index (χ3v) is 2.13. The quantitative estimate of drug-likeness (QED) is 0.817. The molecule has 0 aliphatic heterocycles. The summed E-state index contributed by atoms with van der Waals surface area (Å²) < 4.78 is 28.4. The van der Waals surface area contributed by atoms with E-state index >= 15 is 0 Å². The van der Waals surface area contributed by atoms with Crippen molar-refractivity contribution in [2.24, 2.45) is 5.73 Å². The molecule has 15 heavy (non-hydrogen) atoms. The molecule has 2 nitrogen and oxygen atoms in total. The van der Waals surface area contributed by atoms with Crippen LogP contribution in [-0.4, -0.2) is 19.6 Å². The van der Waals surface area contributed by atoms with Crippen LogP contribution < -0.4 is 5.73 Å². The molecule has 4 heteroatoms. The molecular weight excluding hydrogens is 200 g/mol. The summed E-state index contributed by atoms with van der Waals surface area (Å²) in [5, 5.41) is 0. The fraction of sp³-hybridized carbons (Fsp3) is 0.455. The lowest BCUT2D eigenvalue weighted by molar-refractivity contribution is 0.0125. The predicted octanol–water partition coefficient (Wildman–Crippen LogP) is 2.28. The monoisotopic (exact) mass is 215 g/mol. The lowest BCUT2D eigenvalue weighted by atomic mass is 10.0. The van der Waals surface area contributed by atoms with Crippen LogP contribution >= 0.6 is 0 Å². The Kier molecular flexibility index (Phi) is 4.65. The summed E-state index contributed by atoms with van der Waals surface area (Å²) in [7, 11) is 0. The highest BCUT2D eigenvalue weighted by Crippen LogP contribution is 2.15. The Bertz CT molecular complexity index is 304. The number of alkyl halides is 2. The molecule has 1 rings (SSSR count). The Morgan fingerprint density at radius 2 is 1.93 bits per heavy atom. The van der Waals surface area contributed by atoms with Crippen molar-refractivity contribution in [1.29, 1.82) is 0 Å². The molecule has 0 fully saturated rings. The highest BCUT2D eigenvalue weighted by atomic mass is 19.3. The number of nitrogens with two attached hydrogens (primary N) is 1. The summed E-state index contributed by atoms with van der Waals surface area (Å²) in [6.45, 7) is 1.50. The number of aryl methyl sites for hydroxylation is 1. The molecule has 0 heterocycles. The van der Waals surface area contributed by atoms with E-state index in [1.165, 1.54) is 0 Å². The summed E-state index contributed by atoms with van der Waals surface area (Å²) >= 11 is 0. The summed E-state index contributed by atoms with van der Waals surface area (Å²) in [6.07, 6.45) is -2.44. The molecule has 1 atom stereocenters. The van der Waals surface area contributed by atoms with Crippen molar-refractivity contribution in [3.8, 4) is 0 Å². The van der Waals surface area contributed by atoms with E-state index in [9.17, 15) is 8.78 Å². The van der Waals surface area contributed by atoms with E-state index in [0.717, 1.165) is 11.1 Å². The van der Waals surface area contributed by atoms with E-state index in [0.29, 0.717) is 0 Å². The lowest BCUT2D eigenvalue weighted by Gasteiger charge is -2.14. The van der Waals surface area contributed by atoms with Crippen LogP contribution in [0.25, 0.3) is 0 Å². The Hall–Kier alpha value is -1.00. The van der Waals surface area contributed by atoms with Crippen molar-refractivity contribution in [3.63, 3.8) is 0 Å². The van der Waals surface area contributed by atoms with Gasteiger partial charge in [0.2, 0.25) is 0 Å². The molecule has 0 amide bonds. The maximum Gasteiger partial charge on any atom is 0.261 e. The summed E-state index contributed by atoms with van der Waals surface area (Å²) in [6, 6.07) is 7.25. The SMILES string of the molecule is Cc1ccccc1C(N)COCC(F)F. The van der Waals surface area contributed by atoms with Crippen LogP contribution in [0, 0.1) is 6.92 Å². The Morgan fingerprint density at radius 1 is 1.27 bits per heavy atom. The van der Waals surface area contributed by atoms with E-state index in [2.05, 4.69) is 0 Å². The second-order valence-corrected chi connectivity index (χ2v) is 3.39. The second-order valence-electron chi connectivity index (χ2n) is 3.39. The van der Waals surface area contributed by atoms with Crippen molar-refractivity contribution in [3.05, 3.63) is 35.4 Å². The van der Waals surface area contributed by atoms with Gasteiger partial charge in [-0.15, -0.1) is 0 Å². The number of halogens is 2. The van der Waals surface area contributed by atoms with Crippen LogP contribution in [0.5, 0.6) is 0 Å². The molecule has 0 saturated carbocycles. The van der Waals surface area contributed by atoms with Crippen LogP contribution in [0.2, 0.25) is 0 Å². The van der Waals surface area contributed by atoms with Gasteiger partial charge in [-0.3, -0.25) is 0 Å². The van der Waals surface area contributed by atoms with Crippen LogP contribution in [0.3, 0.4) is 0 Å². The molecule has 0 saturated heterocycles. The second kappa shape index (κ2) is 5.78. The molecule has 0 bridgehead atoms. The van der Waals surface area contributed by atoms with Crippen LogP contribution in [0.4, 0.5) is 8.78 Å². The van der Waals surface area contributed by atoms with Crippen molar-refractivity contribution in [1.82, 2.24) is 0 Å². The van der Waals surface area contributed by atoms with E-state index in [1.54, 1.807) is 0 Å². The smallest absolute Gasteiger partial charge is 0.261 e. The molecule has 1 aromatic rings. The van der Waals surface area contributed by atoms with Gasteiger partial charge in [0.15, 0.2) is 0 Å². The maximum atomic E-state index is 11.8. The van der Waals surface area contributed by atoms with Gasteiger partial charge < -0.3 is 10.5 Å².